The Bertz CT molecular complexity index is 248. The van der Waals surface area contributed by atoms with Gasteiger partial charge in [0.25, 0.3) is 0 Å². The Morgan fingerprint density at radius 3 is 2.61 bits per heavy atom. The van der Waals surface area contributed by atoms with Crippen molar-refractivity contribution in [2.75, 3.05) is 19.8 Å². The maximum Gasteiger partial charge on any atom is 0.245 e. The minimum absolute atomic E-state index is 0.0324. The summed E-state index contributed by atoms with van der Waals surface area (Å²) in [5, 5.41) is 2.86. The number of nitrogens with one attached hydrogen (secondary N) is 1. The van der Waals surface area contributed by atoms with Crippen LogP contribution in [0.2, 0.25) is 0 Å². The minimum atomic E-state index is -0.198. The molecule has 0 unspecified atom stereocenters. The molecular formula is C14H28N2O2. The van der Waals surface area contributed by atoms with Crippen molar-refractivity contribution in [1.82, 2.24) is 5.32 Å². The third-order valence-electron chi connectivity index (χ3n) is 3.52. The second kappa shape index (κ2) is 7.74. The van der Waals surface area contributed by atoms with Crippen LogP contribution >= 0.6 is 0 Å². The molecule has 0 aromatic heterocycles. The topological polar surface area (TPSA) is 64.3 Å². The van der Waals surface area contributed by atoms with E-state index in [2.05, 4.69) is 19.2 Å². The van der Waals surface area contributed by atoms with Gasteiger partial charge in [0.05, 0.1) is 6.61 Å². The molecule has 0 saturated heterocycles. The molecule has 0 bridgehead atoms. The first-order valence-corrected chi connectivity index (χ1v) is 7.15. The first-order valence-electron chi connectivity index (χ1n) is 7.15. The molecule has 1 saturated carbocycles. The molecule has 3 N–H and O–H groups in total. The first kappa shape index (κ1) is 15.4. The number of hydrogen-bond acceptors (Lipinski definition) is 3. The Morgan fingerprint density at radius 1 is 1.33 bits per heavy atom. The summed E-state index contributed by atoms with van der Waals surface area (Å²) in [4.78, 5) is 11.5. The van der Waals surface area contributed by atoms with E-state index < -0.39 is 0 Å². The Balaban J connectivity index is 2.07. The summed E-state index contributed by atoms with van der Waals surface area (Å²) >= 11 is 0. The second-order valence-electron chi connectivity index (χ2n) is 5.95. The lowest BCUT2D eigenvalue weighted by molar-refractivity contribution is -0.126. The predicted molar refractivity (Wildman–Crippen MR) is 73.3 cm³/mol. The van der Waals surface area contributed by atoms with E-state index in [1.165, 1.54) is 19.3 Å². The number of carbonyl (C=O) groups is 1. The molecule has 1 aliphatic rings. The molecule has 1 rings (SSSR count). The molecule has 0 spiro atoms. The van der Waals surface area contributed by atoms with Crippen molar-refractivity contribution in [2.24, 2.45) is 11.7 Å². The Morgan fingerprint density at radius 2 is 2.00 bits per heavy atom. The highest BCUT2D eigenvalue weighted by atomic mass is 16.5. The van der Waals surface area contributed by atoms with Crippen molar-refractivity contribution in [3.8, 4) is 0 Å². The molecular weight excluding hydrogens is 228 g/mol. The summed E-state index contributed by atoms with van der Waals surface area (Å²) < 4.78 is 5.46. The van der Waals surface area contributed by atoms with Gasteiger partial charge in [-0.1, -0.05) is 33.1 Å². The predicted octanol–water partition coefficient (Wildman–Crippen LogP) is 1.83. The van der Waals surface area contributed by atoms with E-state index >= 15 is 0 Å². The fourth-order valence-electron chi connectivity index (χ4n) is 2.30. The van der Waals surface area contributed by atoms with E-state index in [4.69, 9.17) is 10.5 Å². The largest absolute Gasteiger partial charge is 0.370 e. The zero-order valence-corrected chi connectivity index (χ0v) is 11.8. The molecule has 1 aliphatic carbocycles. The van der Waals surface area contributed by atoms with Crippen LogP contribution in [0, 0.1) is 5.92 Å². The SMILES string of the molecule is CC(C)CCNC(=O)COCC1(N)CCCCC1. The number of rotatable bonds is 7. The molecule has 0 aromatic carbocycles. The molecule has 4 heteroatoms. The number of amides is 1. The Hall–Kier alpha value is -0.610. The van der Waals surface area contributed by atoms with Gasteiger partial charge in [0.2, 0.25) is 5.91 Å². The fraction of sp³-hybridized carbons (Fsp3) is 0.929. The highest BCUT2D eigenvalue weighted by Crippen LogP contribution is 2.25. The highest BCUT2D eigenvalue weighted by Gasteiger charge is 2.27. The normalized spacial score (nSPS) is 18.9. The van der Waals surface area contributed by atoms with Crippen LogP contribution in [0.1, 0.15) is 52.4 Å². The first-order chi connectivity index (χ1) is 8.52. The van der Waals surface area contributed by atoms with Gasteiger partial charge in [0.15, 0.2) is 0 Å². The maximum absolute atomic E-state index is 11.5. The van der Waals surface area contributed by atoms with Crippen molar-refractivity contribution in [2.45, 2.75) is 57.9 Å². The van der Waals surface area contributed by atoms with Gasteiger partial charge in [0.1, 0.15) is 6.61 Å². The molecule has 0 atom stereocenters. The van der Waals surface area contributed by atoms with Crippen molar-refractivity contribution < 1.29 is 9.53 Å². The summed E-state index contributed by atoms with van der Waals surface area (Å²) in [6.45, 7) is 5.66. The van der Waals surface area contributed by atoms with E-state index in [9.17, 15) is 4.79 Å². The van der Waals surface area contributed by atoms with E-state index in [0.717, 1.165) is 25.8 Å². The third kappa shape index (κ3) is 6.36. The lowest BCUT2D eigenvalue weighted by atomic mass is 9.83. The monoisotopic (exact) mass is 256 g/mol. The van der Waals surface area contributed by atoms with E-state index in [1.54, 1.807) is 0 Å². The number of hydrogen-bond donors (Lipinski definition) is 2. The van der Waals surface area contributed by atoms with Gasteiger partial charge in [-0.05, 0) is 25.2 Å². The number of ether oxygens (including phenoxy) is 1. The van der Waals surface area contributed by atoms with E-state index in [-0.39, 0.29) is 18.1 Å². The van der Waals surface area contributed by atoms with Crippen molar-refractivity contribution in [1.29, 1.82) is 0 Å². The molecule has 0 aliphatic heterocycles. The maximum atomic E-state index is 11.5. The van der Waals surface area contributed by atoms with Gasteiger partial charge in [-0.3, -0.25) is 4.79 Å². The Labute approximate surface area is 111 Å². The van der Waals surface area contributed by atoms with E-state index in [1.807, 2.05) is 0 Å². The van der Waals surface area contributed by atoms with Gasteiger partial charge in [-0.2, -0.15) is 0 Å². The van der Waals surface area contributed by atoms with Crippen LogP contribution in [0.5, 0.6) is 0 Å². The van der Waals surface area contributed by atoms with Crippen molar-refractivity contribution in [3.05, 3.63) is 0 Å². The molecule has 0 heterocycles. The smallest absolute Gasteiger partial charge is 0.245 e. The van der Waals surface area contributed by atoms with Crippen LogP contribution in [0.4, 0.5) is 0 Å². The minimum Gasteiger partial charge on any atom is -0.370 e. The fourth-order valence-corrected chi connectivity index (χ4v) is 2.30. The quantitative estimate of drug-likeness (QED) is 0.730. The standard InChI is InChI=1S/C14H28N2O2/c1-12(2)6-9-16-13(17)10-18-11-14(15)7-4-3-5-8-14/h12H,3-11,15H2,1-2H3,(H,16,17). The molecule has 18 heavy (non-hydrogen) atoms. The van der Waals surface area contributed by atoms with Crippen LogP contribution in [-0.4, -0.2) is 31.2 Å². The average molecular weight is 256 g/mol. The number of nitrogens with two attached hydrogens (primary N) is 1. The average Bonchev–Trinajstić information content (AvgIpc) is 2.29. The summed E-state index contributed by atoms with van der Waals surface area (Å²) in [7, 11) is 0. The molecule has 106 valence electrons. The molecule has 0 radical (unpaired) electrons. The molecule has 1 amide bonds. The molecule has 0 aromatic rings. The summed E-state index contributed by atoms with van der Waals surface area (Å²) in [6.07, 6.45) is 6.67. The van der Waals surface area contributed by atoms with Crippen molar-refractivity contribution in [3.63, 3.8) is 0 Å². The third-order valence-corrected chi connectivity index (χ3v) is 3.52. The van der Waals surface area contributed by atoms with E-state index in [0.29, 0.717) is 12.5 Å². The van der Waals surface area contributed by atoms with Gasteiger partial charge < -0.3 is 15.8 Å². The zero-order chi connectivity index (χ0) is 13.4. The molecule has 4 nitrogen and oxygen atoms in total. The van der Waals surface area contributed by atoms with Gasteiger partial charge >= 0.3 is 0 Å². The lowest BCUT2D eigenvalue weighted by Crippen LogP contribution is -2.46. The molecule has 1 fully saturated rings. The van der Waals surface area contributed by atoms with Gasteiger partial charge in [0, 0.05) is 12.1 Å². The second-order valence-corrected chi connectivity index (χ2v) is 5.95. The summed E-state index contributed by atoms with van der Waals surface area (Å²) in [6, 6.07) is 0. The van der Waals surface area contributed by atoms with Crippen LogP contribution in [0.25, 0.3) is 0 Å². The van der Waals surface area contributed by atoms with Crippen LogP contribution in [0.3, 0.4) is 0 Å². The van der Waals surface area contributed by atoms with Crippen LogP contribution in [-0.2, 0) is 9.53 Å². The van der Waals surface area contributed by atoms with Crippen molar-refractivity contribution >= 4 is 5.91 Å². The zero-order valence-electron chi connectivity index (χ0n) is 11.8. The summed E-state index contributed by atoms with van der Waals surface area (Å²) in [5.41, 5.74) is 6.03. The van der Waals surface area contributed by atoms with Gasteiger partial charge in [-0.15, -0.1) is 0 Å². The highest BCUT2D eigenvalue weighted by molar-refractivity contribution is 5.77. The number of carbonyl (C=O) groups excluding carboxylic acids is 1. The van der Waals surface area contributed by atoms with Crippen LogP contribution in [0.15, 0.2) is 0 Å². The van der Waals surface area contributed by atoms with Gasteiger partial charge in [-0.25, -0.2) is 0 Å². The summed E-state index contributed by atoms with van der Waals surface area (Å²) in [5.74, 6) is 0.579. The lowest BCUT2D eigenvalue weighted by Gasteiger charge is -2.32. The van der Waals surface area contributed by atoms with Crippen LogP contribution < -0.4 is 11.1 Å². The Kier molecular flexibility index (Phi) is 6.65.